The van der Waals surface area contributed by atoms with Crippen LogP contribution in [0.15, 0.2) is 41.8 Å². The third-order valence-corrected chi connectivity index (χ3v) is 3.64. The molecule has 2 aromatic heterocycles. The van der Waals surface area contributed by atoms with Crippen molar-refractivity contribution in [3.8, 4) is 6.07 Å². The van der Waals surface area contributed by atoms with E-state index in [9.17, 15) is 4.79 Å². The van der Waals surface area contributed by atoms with Gasteiger partial charge in [-0.3, -0.25) is 4.79 Å². The number of carbonyl (C=O) groups excluding carboxylic acids is 1. The first kappa shape index (κ1) is 11.5. The minimum Gasteiger partial charge on any atom is -0.350 e. The van der Waals surface area contributed by atoms with Crippen LogP contribution in [-0.2, 0) is 0 Å². The molecule has 5 heteroatoms. The normalized spacial score (nSPS) is 10.3. The zero-order valence-corrected chi connectivity index (χ0v) is 10.6. The van der Waals surface area contributed by atoms with Crippen molar-refractivity contribution in [3.63, 3.8) is 0 Å². The summed E-state index contributed by atoms with van der Waals surface area (Å²) < 4.78 is 1.04. The standard InChI is InChI=1S/C14H9N3OS/c15-8-9-3-1-2-4-10(9)17-14(18)12-7-13-11(16-12)5-6-19-13/h1-7,16H,(H,17,18). The summed E-state index contributed by atoms with van der Waals surface area (Å²) in [4.78, 5) is 15.2. The Hall–Kier alpha value is -2.58. The highest BCUT2D eigenvalue weighted by atomic mass is 32.1. The molecule has 0 bridgehead atoms. The second kappa shape index (κ2) is 4.59. The number of hydrogen-bond donors (Lipinski definition) is 2. The van der Waals surface area contributed by atoms with Gasteiger partial charge in [0.1, 0.15) is 11.8 Å². The molecule has 0 aliphatic heterocycles. The van der Waals surface area contributed by atoms with Gasteiger partial charge in [0.2, 0.25) is 0 Å². The van der Waals surface area contributed by atoms with E-state index < -0.39 is 0 Å². The molecule has 3 rings (SSSR count). The van der Waals surface area contributed by atoms with E-state index in [4.69, 9.17) is 5.26 Å². The number of hydrogen-bond acceptors (Lipinski definition) is 3. The largest absolute Gasteiger partial charge is 0.350 e. The molecule has 0 spiro atoms. The Kier molecular flexibility index (Phi) is 2.78. The highest BCUT2D eigenvalue weighted by molar-refractivity contribution is 7.17. The molecule has 0 aliphatic carbocycles. The van der Waals surface area contributed by atoms with Gasteiger partial charge in [-0.2, -0.15) is 5.26 Å². The molecule has 0 atom stereocenters. The molecule has 2 N–H and O–H groups in total. The number of aromatic nitrogens is 1. The van der Waals surface area contributed by atoms with Crippen molar-refractivity contribution in [1.82, 2.24) is 4.98 Å². The first-order valence-electron chi connectivity index (χ1n) is 5.64. The zero-order chi connectivity index (χ0) is 13.2. The molecule has 2 heterocycles. The molecular weight excluding hydrogens is 258 g/mol. The van der Waals surface area contributed by atoms with Gasteiger partial charge < -0.3 is 10.3 Å². The SMILES string of the molecule is N#Cc1ccccc1NC(=O)c1cc2sccc2[nH]1. The summed E-state index contributed by atoms with van der Waals surface area (Å²) in [6.45, 7) is 0. The molecule has 19 heavy (non-hydrogen) atoms. The molecule has 0 radical (unpaired) electrons. The van der Waals surface area contributed by atoms with Crippen LogP contribution in [0.5, 0.6) is 0 Å². The highest BCUT2D eigenvalue weighted by Gasteiger charge is 2.11. The summed E-state index contributed by atoms with van der Waals surface area (Å²) >= 11 is 1.58. The number of anilines is 1. The summed E-state index contributed by atoms with van der Waals surface area (Å²) in [6, 6.07) is 12.7. The van der Waals surface area contributed by atoms with Crippen molar-refractivity contribution in [2.45, 2.75) is 0 Å². The number of fused-ring (bicyclic) bond motifs is 1. The fraction of sp³-hybridized carbons (Fsp3) is 0. The van der Waals surface area contributed by atoms with Crippen LogP contribution in [0.25, 0.3) is 10.2 Å². The minimum atomic E-state index is -0.244. The lowest BCUT2D eigenvalue weighted by Gasteiger charge is -2.05. The first-order chi connectivity index (χ1) is 9.28. The molecule has 0 saturated carbocycles. The van der Waals surface area contributed by atoms with Crippen LogP contribution in [0, 0.1) is 11.3 Å². The second-order valence-electron chi connectivity index (χ2n) is 3.99. The number of H-pyrrole nitrogens is 1. The summed E-state index contributed by atoms with van der Waals surface area (Å²) in [5.41, 5.74) is 2.41. The molecule has 3 aromatic rings. The molecule has 1 aromatic carbocycles. The van der Waals surface area contributed by atoms with Gasteiger partial charge in [-0.15, -0.1) is 11.3 Å². The van der Waals surface area contributed by atoms with Gasteiger partial charge in [0.15, 0.2) is 0 Å². The second-order valence-corrected chi connectivity index (χ2v) is 4.94. The number of nitrogens with zero attached hydrogens (tertiary/aromatic N) is 1. The average molecular weight is 267 g/mol. The van der Waals surface area contributed by atoms with Crippen molar-refractivity contribution in [1.29, 1.82) is 5.26 Å². The Bertz CT molecular complexity index is 766. The van der Waals surface area contributed by atoms with Gasteiger partial charge in [-0.05, 0) is 29.6 Å². The smallest absolute Gasteiger partial charge is 0.272 e. The van der Waals surface area contributed by atoms with E-state index in [-0.39, 0.29) is 5.91 Å². The summed E-state index contributed by atoms with van der Waals surface area (Å²) in [5, 5.41) is 13.7. The highest BCUT2D eigenvalue weighted by Crippen LogP contribution is 2.22. The fourth-order valence-electron chi connectivity index (χ4n) is 1.85. The number of carbonyl (C=O) groups is 1. The van der Waals surface area contributed by atoms with Gasteiger partial charge in [0.05, 0.1) is 21.5 Å². The summed E-state index contributed by atoms with van der Waals surface area (Å²) in [7, 11) is 0. The van der Waals surface area contributed by atoms with E-state index >= 15 is 0 Å². The molecule has 0 aliphatic rings. The Morgan fingerprint density at radius 1 is 1.32 bits per heavy atom. The number of rotatable bonds is 2. The maximum absolute atomic E-state index is 12.1. The molecule has 0 unspecified atom stereocenters. The number of para-hydroxylation sites is 1. The molecule has 1 amide bonds. The van der Waals surface area contributed by atoms with Crippen LogP contribution in [0.4, 0.5) is 5.69 Å². The Balaban J connectivity index is 1.89. The molecular formula is C14H9N3OS. The van der Waals surface area contributed by atoms with Crippen LogP contribution in [0.3, 0.4) is 0 Å². The van der Waals surface area contributed by atoms with Crippen molar-refractivity contribution >= 4 is 33.1 Å². The van der Waals surface area contributed by atoms with E-state index in [0.29, 0.717) is 16.9 Å². The lowest BCUT2D eigenvalue weighted by molar-refractivity contribution is 0.102. The molecule has 0 fully saturated rings. The topological polar surface area (TPSA) is 68.7 Å². The van der Waals surface area contributed by atoms with Crippen molar-refractivity contribution in [2.24, 2.45) is 0 Å². The number of benzene rings is 1. The van der Waals surface area contributed by atoms with E-state index in [2.05, 4.69) is 16.4 Å². The van der Waals surface area contributed by atoms with Crippen LogP contribution >= 0.6 is 11.3 Å². The molecule has 92 valence electrons. The number of amides is 1. The van der Waals surface area contributed by atoms with E-state index in [1.54, 1.807) is 35.6 Å². The van der Waals surface area contributed by atoms with E-state index in [0.717, 1.165) is 10.2 Å². The lowest BCUT2D eigenvalue weighted by atomic mass is 10.2. The Morgan fingerprint density at radius 3 is 2.95 bits per heavy atom. The maximum atomic E-state index is 12.1. The molecule has 4 nitrogen and oxygen atoms in total. The van der Waals surface area contributed by atoms with Gasteiger partial charge in [-0.1, -0.05) is 12.1 Å². The van der Waals surface area contributed by atoms with Crippen molar-refractivity contribution in [3.05, 3.63) is 53.0 Å². The van der Waals surface area contributed by atoms with Gasteiger partial charge >= 0.3 is 0 Å². The average Bonchev–Trinajstić information content (AvgIpc) is 3.00. The predicted octanol–water partition coefficient (Wildman–Crippen LogP) is 3.35. The quantitative estimate of drug-likeness (QED) is 0.747. The Morgan fingerprint density at radius 2 is 2.16 bits per heavy atom. The van der Waals surface area contributed by atoms with Gasteiger partial charge in [0.25, 0.3) is 5.91 Å². The van der Waals surface area contributed by atoms with Crippen LogP contribution < -0.4 is 5.32 Å². The molecule has 0 saturated heterocycles. The van der Waals surface area contributed by atoms with Crippen LogP contribution in [-0.4, -0.2) is 10.9 Å². The minimum absolute atomic E-state index is 0.244. The predicted molar refractivity (Wildman–Crippen MR) is 75.3 cm³/mol. The third kappa shape index (κ3) is 2.09. The van der Waals surface area contributed by atoms with Crippen LogP contribution in [0.1, 0.15) is 16.1 Å². The van der Waals surface area contributed by atoms with E-state index in [1.807, 2.05) is 17.5 Å². The van der Waals surface area contributed by atoms with Gasteiger partial charge in [-0.25, -0.2) is 0 Å². The van der Waals surface area contributed by atoms with Crippen molar-refractivity contribution < 1.29 is 4.79 Å². The fourth-order valence-corrected chi connectivity index (χ4v) is 2.63. The maximum Gasteiger partial charge on any atom is 0.272 e. The monoisotopic (exact) mass is 267 g/mol. The van der Waals surface area contributed by atoms with Gasteiger partial charge in [0, 0.05) is 0 Å². The zero-order valence-electron chi connectivity index (χ0n) is 9.81. The third-order valence-electron chi connectivity index (χ3n) is 2.78. The summed E-state index contributed by atoms with van der Waals surface area (Å²) in [5.74, 6) is -0.244. The first-order valence-corrected chi connectivity index (χ1v) is 6.52. The number of aromatic amines is 1. The number of nitrogens with one attached hydrogen (secondary N) is 2. The van der Waals surface area contributed by atoms with Crippen molar-refractivity contribution in [2.75, 3.05) is 5.32 Å². The van der Waals surface area contributed by atoms with Crippen LogP contribution in [0.2, 0.25) is 0 Å². The Labute approximate surface area is 113 Å². The summed E-state index contributed by atoms with van der Waals surface area (Å²) in [6.07, 6.45) is 0. The lowest BCUT2D eigenvalue weighted by Crippen LogP contribution is -2.13. The van der Waals surface area contributed by atoms with E-state index in [1.165, 1.54) is 0 Å². The number of thiophene rings is 1. The number of nitriles is 1.